The van der Waals surface area contributed by atoms with E-state index >= 15 is 0 Å². The van der Waals surface area contributed by atoms with Gasteiger partial charge in [0.2, 0.25) is 0 Å². The third-order valence-corrected chi connectivity index (χ3v) is 3.60. The lowest BCUT2D eigenvalue weighted by molar-refractivity contribution is 0.0697. The molecule has 5 heteroatoms. The molecule has 0 saturated carbocycles. The van der Waals surface area contributed by atoms with Crippen LogP contribution in [0.1, 0.15) is 26.4 Å². The number of carboxylic acids is 1. The fourth-order valence-electron chi connectivity index (χ4n) is 1.59. The zero-order chi connectivity index (χ0) is 13.0. The molecule has 2 rings (SSSR count). The van der Waals surface area contributed by atoms with Crippen LogP contribution in [-0.2, 0) is 13.1 Å². The molecule has 0 bridgehead atoms. The summed E-state index contributed by atoms with van der Waals surface area (Å²) < 4.78 is 0. The Morgan fingerprint density at radius 1 is 1.50 bits per heavy atom. The number of hydrogen-bond acceptors (Lipinski definition) is 4. The van der Waals surface area contributed by atoms with Crippen molar-refractivity contribution in [3.63, 3.8) is 0 Å². The van der Waals surface area contributed by atoms with E-state index in [1.807, 2.05) is 19.2 Å². The molecular formula is C13H14N2O2S. The number of aromatic carboxylic acids is 1. The van der Waals surface area contributed by atoms with Crippen LogP contribution in [0.25, 0.3) is 0 Å². The molecule has 0 atom stereocenters. The van der Waals surface area contributed by atoms with Gasteiger partial charge >= 0.3 is 5.97 Å². The summed E-state index contributed by atoms with van der Waals surface area (Å²) in [5, 5.41) is 13.8. The number of thiophene rings is 1. The van der Waals surface area contributed by atoms with Crippen LogP contribution in [-0.4, -0.2) is 16.1 Å². The highest BCUT2D eigenvalue weighted by Crippen LogP contribution is 2.14. The standard InChI is InChI=1S/C13H14N2O2S/c1-9-2-3-14-5-11(9)6-15-7-12-4-10(8-18-12)13(16)17/h2-5,8,15H,6-7H2,1H3,(H,16,17). The Labute approximate surface area is 109 Å². The van der Waals surface area contributed by atoms with Gasteiger partial charge in [-0.2, -0.15) is 0 Å². The van der Waals surface area contributed by atoms with Crippen LogP contribution >= 0.6 is 11.3 Å². The molecule has 0 fully saturated rings. The second kappa shape index (κ2) is 5.75. The predicted molar refractivity (Wildman–Crippen MR) is 70.8 cm³/mol. The number of aromatic nitrogens is 1. The molecule has 0 spiro atoms. The van der Waals surface area contributed by atoms with Gasteiger partial charge in [0.1, 0.15) is 0 Å². The predicted octanol–water partition coefficient (Wildman–Crippen LogP) is 2.44. The first-order chi connectivity index (χ1) is 8.66. The Morgan fingerprint density at radius 2 is 2.33 bits per heavy atom. The molecule has 94 valence electrons. The number of carboxylic acid groups (broad SMARTS) is 1. The molecule has 18 heavy (non-hydrogen) atoms. The van der Waals surface area contributed by atoms with E-state index in [-0.39, 0.29) is 0 Å². The van der Waals surface area contributed by atoms with E-state index in [9.17, 15) is 4.79 Å². The van der Waals surface area contributed by atoms with Crippen LogP contribution in [0.4, 0.5) is 0 Å². The number of hydrogen-bond donors (Lipinski definition) is 2. The molecule has 0 radical (unpaired) electrons. The van der Waals surface area contributed by atoms with Gasteiger partial charge in [0, 0.05) is 35.7 Å². The third kappa shape index (κ3) is 3.15. The van der Waals surface area contributed by atoms with Crippen molar-refractivity contribution in [2.24, 2.45) is 0 Å². The highest BCUT2D eigenvalue weighted by molar-refractivity contribution is 7.10. The van der Waals surface area contributed by atoms with Gasteiger partial charge in [0.15, 0.2) is 0 Å². The SMILES string of the molecule is Cc1ccncc1CNCc1cc(C(=O)O)cs1. The molecule has 0 saturated heterocycles. The molecular weight excluding hydrogens is 248 g/mol. The minimum Gasteiger partial charge on any atom is -0.478 e. The average Bonchev–Trinajstić information content (AvgIpc) is 2.80. The number of nitrogens with one attached hydrogen (secondary N) is 1. The second-order valence-corrected chi connectivity index (χ2v) is 5.01. The largest absolute Gasteiger partial charge is 0.478 e. The van der Waals surface area contributed by atoms with E-state index in [1.165, 1.54) is 16.9 Å². The number of rotatable bonds is 5. The fraction of sp³-hybridized carbons (Fsp3) is 0.231. The lowest BCUT2D eigenvalue weighted by Crippen LogP contribution is -2.12. The van der Waals surface area contributed by atoms with Crippen LogP contribution < -0.4 is 5.32 Å². The first-order valence-corrected chi connectivity index (χ1v) is 6.45. The molecule has 0 aliphatic rings. The fourth-order valence-corrected chi connectivity index (χ4v) is 2.42. The Hall–Kier alpha value is -1.72. The average molecular weight is 262 g/mol. The summed E-state index contributed by atoms with van der Waals surface area (Å²) >= 11 is 1.46. The molecule has 0 aliphatic carbocycles. The molecule has 2 aromatic rings. The Kier molecular flexibility index (Phi) is 4.07. The van der Waals surface area contributed by atoms with Crippen molar-refractivity contribution in [2.75, 3.05) is 0 Å². The van der Waals surface area contributed by atoms with Gasteiger partial charge in [0.25, 0.3) is 0 Å². The number of aryl methyl sites for hydroxylation is 1. The zero-order valence-electron chi connectivity index (χ0n) is 10.0. The normalized spacial score (nSPS) is 10.5. The first kappa shape index (κ1) is 12.7. The Morgan fingerprint density at radius 3 is 3.00 bits per heavy atom. The highest BCUT2D eigenvalue weighted by atomic mass is 32.1. The van der Waals surface area contributed by atoms with Crippen molar-refractivity contribution in [1.29, 1.82) is 0 Å². The Balaban J connectivity index is 1.88. The lowest BCUT2D eigenvalue weighted by Gasteiger charge is -2.05. The molecule has 0 unspecified atom stereocenters. The molecule has 0 aromatic carbocycles. The van der Waals surface area contributed by atoms with Crippen molar-refractivity contribution in [2.45, 2.75) is 20.0 Å². The molecule has 0 aliphatic heterocycles. The molecule has 2 N–H and O–H groups in total. The maximum atomic E-state index is 10.7. The van der Waals surface area contributed by atoms with Crippen LogP contribution in [0.2, 0.25) is 0 Å². The van der Waals surface area contributed by atoms with E-state index in [4.69, 9.17) is 5.11 Å². The first-order valence-electron chi connectivity index (χ1n) is 5.57. The summed E-state index contributed by atoms with van der Waals surface area (Å²) in [5.74, 6) is -0.874. The summed E-state index contributed by atoms with van der Waals surface area (Å²) in [6.45, 7) is 3.46. The third-order valence-electron chi connectivity index (χ3n) is 2.66. The van der Waals surface area contributed by atoms with Crippen molar-refractivity contribution in [3.8, 4) is 0 Å². The summed E-state index contributed by atoms with van der Waals surface area (Å²) in [7, 11) is 0. The quantitative estimate of drug-likeness (QED) is 0.868. The van der Waals surface area contributed by atoms with Crippen LogP contribution in [0.15, 0.2) is 29.9 Å². The van der Waals surface area contributed by atoms with Gasteiger partial charge in [-0.3, -0.25) is 4.98 Å². The molecule has 2 heterocycles. The monoisotopic (exact) mass is 262 g/mol. The van der Waals surface area contributed by atoms with Crippen molar-refractivity contribution >= 4 is 17.3 Å². The smallest absolute Gasteiger partial charge is 0.336 e. The topological polar surface area (TPSA) is 62.2 Å². The van der Waals surface area contributed by atoms with Gasteiger partial charge in [-0.05, 0) is 30.2 Å². The van der Waals surface area contributed by atoms with Crippen LogP contribution in [0, 0.1) is 6.92 Å². The maximum Gasteiger partial charge on any atom is 0.336 e. The number of carbonyl (C=O) groups is 1. The second-order valence-electron chi connectivity index (χ2n) is 4.01. The van der Waals surface area contributed by atoms with Gasteiger partial charge in [-0.15, -0.1) is 11.3 Å². The van der Waals surface area contributed by atoms with Crippen LogP contribution in [0.3, 0.4) is 0 Å². The minimum absolute atomic E-state index is 0.356. The van der Waals surface area contributed by atoms with Gasteiger partial charge in [-0.25, -0.2) is 4.79 Å². The summed E-state index contributed by atoms with van der Waals surface area (Å²) in [6, 6.07) is 3.68. The summed E-state index contributed by atoms with van der Waals surface area (Å²) in [6.07, 6.45) is 3.62. The number of nitrogens with zero attached hydrogens (tertiary/aromatic N) is 1. The van der Waals surface area contributed by atoms with E-state index in [1.54, 1.807) is 17.6 Å². The summed E-state index contributed by atoms with van der Waals surface area (Å²) in [5.41, 5.74) is 2.72. The van der Waals surface area contributed by atoms with Crippen molar-refractivity contribution in [3.05, 3.63) is 51.5 Å². The molecule has 2 aromatic heterocycles. The van der Waals surface area contributed by atoms with E-state index in [0.717, 1.165) is 17.0 Å². The highest BCUT2D eigenvalue weighted by Gasteiger charge is 2.06. The lowest BCUT2D eigenvalue weighted by atomic mass is 10.1. The summed E-state index contributed by atoms with van der Waals surface area (Å²) in [4.78, 5) is 15.8. The van der Waals surface area contributed by atoms with Crippen LogP contribution in [0.5, 0.6) is 0 Å². The van der Waals surface area contributed by atoms with E-state index < -0.39 is 5.97 Å². The van der Waals surface area contributed by atoms with Gasteiger partial charge in [0.05, 0.1) is 5.56 Å². The van der Waals surface area contributed by atoms with E-state index in [0.29, 0.717) is 12.1 Å². The minimum atomic E-state index is -0.874. The number of pyridine rings is 1. The van der Waals surface area contributed by atoms with Gasteiger partial charge in [-0.1, -0.05) is 0 Å². The molecule has 0 amide bonds. The molecule has 4 nitrogen and oxygen atoms in total. The Bertz CT molecular complexity index is 551. The van der Waals surface area contributed by atoms with Crippen molar-refractivity contribution in [1.82, 2.24) is 10.3 Å². The van der Waals surface area contributed by atoms with Crippen molar-refractivity contribution < 1.29 is 9.90 Å². The maximum absolute atomic E-state index is 10.7. The zero-order valence-corrected chi connectivity index (χ0v) is 10.8. The van der Waals surface area contributed by atoms with Gasteiger partial charge < -0.3 is 10.4 Å². The van der Waals surface area contributed by atoms with E-state index in [2.05, 4.69) is 10.3 Å².